The average molecular weight is 161 g/mol. The summed E-state index contributed by atoms with van der Waals surface area (Å²) in [6.07, 6.45) is 0.950. The average Bonchev–Trinajstić information content (AvgIpc) is 2.00. The van der Waals surface area contributed by atoms with Crippen LogP contribution in [-0.2, 0) is 4.74 Å². The van der Waals surface area contributed by atoms with E-state index in [0.717, 1.165) is 6.42 Å². The summed E-state index contributed by atoms with van der Waals surface area (Å²) in [4.78, 5) is 0. The van der Waals surface area contributed by atoms with Crippen LogP contribution < -0.4 is 5.73 Å². The summed E-state index contributed by atoms with van der Waals surface area (Å²) >= 11 is 0. The second kappa shape index (κ2) is 4.70. The van der Waals surface area contributed by atoms with E-state index in [0.29, 0.717) is 6.61 Å². The first-order valence-electron chi connectivity index (χ1n) is 4.02. The van der Waals surface area contributed by atoms with Gasteiger partial charge < -0.3 is 15.6 Å². The molecule has 0 spiro atoms. The first-order valence-corrected chi connectivity index (χ1v) is 4.02. The molecule has 0 bridgehead atoms. The fourth-order valence-electron chi connectivity index (χ4n) is 0.487. The van der Waals surface area contributed by atoms with E-state index in [-0.39, 0.29) is 18.2 Å². The van der Waals surface area contributed by atoms with Crippen LogP contribution in [0.5, 0.6) is 0 Å². The van der Waals surface area contributed by atoms with Gasteiger partial charge in [0.25, 0.3) is 0 Å². The molecule has 0 aromatic rings. The van der Waals surface area contributed by atoms with Crippen molar-refractivity contribution in [2.75, 3.05) is 13.2 Å². The Morgan fingerprint density at radius 1 is 1.55 bits per heavy atom. The molecule has 0 heterocycles. The van der Waals surface area contributed by atoms with E-state index >= 15 is 0 Å². The molecule has 0 aliphatic rings. The molecular formula is C8H19NO2. The Morgan fingerprint density at radius 2 is 2.09 bits per heavy atom. The highest BCUT2D eigenvalue weighted by molar-refractivity contribution is 4.67. The first kappa shape index (κ1) is 10.9. The SMILES string of the molecule is CCC(C)(C)OCC(N)CO. The molecule has 0 fully saturated rings. The van der Waals surface area contributed by atoms with Crippen molar-refractivity contribution in [2.45, 2.75) is 38.8 Å². The Kier molecular flexibility index (Phi) is 4.65. The normalized spacial score (nSPS) is 15.0. The van der Waals surface area contributed by atoms with Crippen LogP contribution in [0.2, 0.25) is 0 Å². The number of aliphatic hydroxyl groups excluding tert-OH is 1. The molecule has 0 aliphatic carbocycles. The van der Waals surface area contributed by atoms with Crippen LogP contribution >= 0.6 is 0 Å². The summed E-state index contributed by atoms with van der Waals surface area (Å²) in [6, 6.07) is -0.249. The van der Waals surface area contributed by atoms with Crippen LogP contribution in [0.15, 0.2) is 0 Å². The molecule has 1 unspecified atom stereocenters. The van der Waals surface area contributed by atoms with Crippen LogP contribution in [0.3, 0.4) is 0 Å². The largest absolute Gasteiger partial charge is 0.395 e. The van der Waals surface area contributed by atoms with E-state index in [9.17, 15) is 0 Å². The Balaban J connectivity index is 3.52. The van der Waals surface area contributed by atoms with E-state index in [2.05, 4.69) is 6.92 Å². The molecule has 0 aliphatic heterocycles. The summed E-state index contributed by atoms with van der Waals surface area (Å²) in [5, 5.41) is 8.60. The van der Waals surface area contributed by atoms with Gasteiger partial charge in [-0.2, -0.15) is 0 Å². The lowest BCUT2D eigenvalue weighted by atomic mass is 10.1. The highest BCUT2D eigenvalue weighted by atomic mass is 16.5. The van der Waals surface area contributed by atoms with Crippen LogP contribution in [0.4, 0.5) is 0 Å². The maximum absolute atomic E-state index is 8.60. The zero-order chi connectivity index (χ0) is 8.91. The zero-order valence-corrected chi connectivity index (χ0v) is 7.63. The van der Waals surface area contributed by atoms with Gasteiger partial charge in [0, 0.05) is 0 Å². The van der Waals surface area contributed by atoms with Crippen molar-refractivity contribution in [1.82, 2.24) is 0 Å². The highest BCUT2D eigenvalue weighted by Gasteiger charge is 2.16. The van der Waals surface area contributed by atoms with Crippen LogP contribution in [0.1, 0.15) is 27.2 Å². The number of hydrogen-bond donors (Lipinski definition) is 2. The van der Waals surface area contributed by atoms with Gasteiger partial charge in [-0.1, -0.05) is 6.92 Å². The van der Waals surface area contributed by atoms with E-state index < -0.39 is 0 Å². The van der Waals surface area contributed by atoms with Crippen LogP contribution in [-0.4, -0.2) is 30.0 Å². The van der Waals surface area contributed by atoms with Crippen LogP contribution in [0, 0.1) is 0 Å². The van der Waals surface area contributed by atoms with Crippen LogP contribution in [0.25, 0.3) is 0 Å². The van der Waals surface area contributed by atoms with E-state index in [4.69, 9.17) is 15.6 Å². The van der Waals surface area contributed by atoms with Crippen molar-refractivity contribution < 1.29 is 9.84 Å². The standard InChI is InChI=1S/C8H19NO2/c1-4-8(2,3)11-6-7(9)5-10/h7,10H,4-6,9H2,1-3H3. The van der Waals surface area contributed by atoms with Gasteiger partial charge in [-0.3, -0.25) is 0 Å². The minimum absolute atomic E-state index is 0.0141. The minimum Gasteiger partial charge on any atom is -0.395 e. The van der Waals surface area contributed by atoms with Crippen molar-refractivity contribution in [3.05, 3.63) is 0 Å². The molecule has 0 amide bonds. The number of ether oxygens (including phenoxy) is 1. The summed E-state index contributed by atoms with van der Waals surface area (Å²) in [7, 11) is 0. The van der Waals surface area contributed by atoms with E-state index in [1.165, 1.54) is 0 Å². The molecule has 3 heteroatoms. The third kappa shape index (κ3) is 5.18. The van der Waals surface area contributed by atoms with E-state index in [1.54, 1.807) is 0 Å². The molecule has 1 atom stereocenters. The lowest BCUT2D eigenvalue weighted by Crippen LogP contribution is -2.35. The molecule has 0 radical (unpaired) electrons. The van der Waals surface area contributed by atoms with E-state index in [1.807, 2.05) is 13.8 Å². The third-order valence-electron chi connectivity index (χ3n) is 1.77. The fraction of sp³-hybridized carbons (Fsp3) is 1.00. The molecule has 0 aromatic carbocycles. The quantitative estimate of drug-likeness (QED) is 0.617. The summed E-state index contributed by atoms with van der Waals surface area (Å²) < 4.78 is 5.45. The van der Waals surface area contributed by atoms with Crippen molar-refractivity contribution in [2.24, 2.45) is 5.73 Å². The van der Waals surface area contributed by atoms with Gasteiger partial charge in [-0.15, -0.1) is 0 Å². The summed E-state index contributed by atoms with van der Waals surface area (Å²) in [5.74, 6) is 0. The smallest absolute Gasteiger partial charge is 0.0647 e. The molecule has 3 N–H and O–H groups in total. The Bertz CT molecular complexity index is 104. The van der Waals surface area contributed by atoms with Gasteiger partial charge >= 0.3 is 0 Å². The monoisotopic (exact) mass is 161 g/mol. The Hall–Kier alpha value is -0.120. The van der Waals surface area contributed by atoms with Gasteiger partial charge in [0.1, 0.15) is 0 Å². The predicted octanol–water partition coefficient (Wildman–Crippen LogP) is 0.511. The number of aliphatic hydroxyl groups is 1. The minimum atomic E-state index is -0.249. The van der Waals surface area contributed by atoms with Crippen molar-refractivity contribution in [3.63, 3.8) is 0 Å². The molecule has 68 valence electrons. The van der Waals surface area contributed by atoms with Gasteiger partial charge in [-0.05, 0) is 20.3 Å². The van der Waals surface area contributed by atoms with Gasteiger partial charge in [0.2, 0.25) is 0 Å². The maximum atomic E-state index is 8.60. The second-order valence-electron chi connectivity index (χ2n) is 3.37. The zero-order valence-electron chi connectivity index (χ0n) is 7.63. The predicted molar refractivity (Wildman–Crippen MR) is 45.4 cm³/mol. The molecule has 0 rings (SSSR count). The Morgan fingerprint density at radius 3 is 2.45 bits per heavy atom. The number of nitrogens with two attached hydrogens (primary N) is 1. The Labute approximate surface area is 68.5 Å². The summed E-state index contributed by atoms with van der Waals surface area (Å²) in [5.41, 5.74) is 5.34. The number of hydrogen-bond acceptors (Lipinski definition) is 3. The maximum Gasteiger partial charge on any atom is 0.0647 e. The first-order chi connectivity index (χ1) is 5.02. The van der Waals surface area contributed by atoms with Gasteiger partial charge in [0.05, 0.1) is 24.9 Å². The molecule has 3 nitrogen and oxygen atoms in total. The van der Waals surface area contributed by atoms with Gasteiger partial charge in [-0.25, -0.2) is 0 Å². The topological polar surface area (TPSA) is 55.5 Å². The molecular weight excluding hydrogens is 142 g/mol. The lowest BCUT2D eigenvalue weighted by Gasteiger charge is -2.24. The molecule has 11 heavy (non-hydrogen) atoms. The third-order valence-corrected chi connectivity index (χ3v) is 1.77. The number of rotatable bonds is 5. The van der Waals surface area contributed by atoms with Crippen molar-refractivity contribution in [1.29, 1.82) is 0 Å². The summed E-state index contributed by atoms with van der Waals surface area (Å²) in [6.45, 7) is 6.50. The van der Waals surface area contributed by atoms with Gasteiger partial charge in [0.15, 0.2) is 0 Å². The van der Waals surface area contributed by atoms with Crippen molar-refractivity contribution >= 4 is 0 Å². The lowest BCUT2D eigenvalue weighted by molar-refractivity contribution is -0.0314. The molecule has 0 aromatic heterocycles. The highest BCUT2D eigenvalue weighted by Crippen LogP contribution is 2.12. The van der Waals surface area contributed by atoms with Crippen molar-refractivity contribution in [3.8, 4) is 0 Å². The fourth-order valence-corrected chi connectivity index (χ4v) is 0.487. The molecule has 0 saturated heterocycles. The second-order valence-corrected chi connectivity index (χ2v) is 3.37. The molecule has 0 saturated carbocycles.